The van der Waals surface area contributed by atoms with E-state index in [2.05, 4.69) is 0 Å². The Morgan fingerprint density at radius 2 is 1.89 bits per heavy atom. The third-order valence-corrected chi connectivity index (χ3v) is 3.67. The van der Waals surface area contributed by atoms with Gasteiger partial charge in [-0.2, -0.15) is 0 Å². The highest BCUT2D eigenvalue weighted by molar-refractivity contribution is 6.08. The first kappa shape index (κ1) is 11.3. The molecule has 1 aliphatic carbocycles. The molecule has 1 aliphatic heterocycles. The van der Waals surface area contributed by atoms with Gasteiger partial charge in [0.25, 0.3) is 0 Å². The summed E-state index contributed by atoms with van der Waals surface area (Å²) in [5, 5.41) is 0. The Hall–Kier alpha value is -1.75. The van der Waals surface area contributed by atoms with Gasteiger partial charge in [-0.15, -0.1) is 0 Å². The molecule has 4 nitrogen and oxygen atoms in total. The fourth-order valence-electron chi connectivity index (χ4n) is 2.52. The Bertz CT molecular complexity index is 524. The number of fused-ring (bicyclic) bond motifs is 1. The topological polar surface area (TPSA) is 63.4 Å². The van der Waals surface area contributed by atoms with Crippen LogP contribution in [0.15, 0.2) is 18.2 Å². The van der Waals surface area contributed by atoms with Gasteiger partial charge >= 0.3 is 0 Å². The fraction of sp³-hybridized carbons (Fsp3) is 0.385. The number of nitrogens with two attached hydrogens (primary N) is 1. The lowest BCUT2D eigenvalue weighted by Gasteiger charge is -2.18. The summed E-state index contributed by atoms with van der Waals surface area (Å²) in [6.45, 7) is 0.396. The van der Waals surface area contributed by atoms with E-state index >= 15 is 0 Å². The molecule has 0 aromatic heterocycles. The number of piperidine rings is 1. The van der Waals surface area contributed by atoms with Crippen LogP contribution in [0.25, 0.3) is 0 Å². The summed E-state index contributed by atoms with van der Waals surface area (Å²) in [5.41, 5.74) is 6.94. The van der Waals surface area contributed by atoms with Crippen molar-refractivity contribution in [2.45, 2.75) is 19.5 Å². The minimum Gasteiger partial charge on any atom is -0.326 e. The zero-order valence-electron chi connectivity index (χ0n) is 9.73. The predicted octanol–water partition coefficient (Wildman–Crippen LogP) is 0.789. The average molecular weight is 248 g/mol. The molecular formula is C13H13FN2O2. The van der Waals surface area contributed by atoms with Crippen LogP contribution in [0.4, 0.5) is 4.39 Å². The predicted molar refractivity (Wildman–Crippen MR) is 61.4 cm³/mol. The summed E-state index contributed by atoms with van der Waals surface area (Å²) in [4.78, 5) is 24.9. The van der Waals surface area contributed by atoms with E-state index in [0.29, 0.717) is 12.0 Å². The number of likely N-dealkylation sites (tertiary alicyclic amines) is 1. The number of rotatable bonds is 3. The number of hydrogen-bond acceptors (Lipinski definition) is 3. The molecule has 1 saturated carbocycles. The summed E-state index contributed by atoms with van der Waals surface area (Å²) >= 11 is 0. The molecule has 0 spiro atoms. The van der Waals surface area contributed by atoms with Crippen LogP contribution in [0.5, 0.6) is 0 Å². The van der Waals surface area contributed by atoms with E-state index in [4.69, 9.17) is 5.73 Å². The van der Waals surface area contributed by atoms with Crippen molar-refractivity contribution in [3.05, 3.63) is 35.1 Å². The number of imide groups is 1. The minimum atomic E-state index is -0.383. The van der Waals surface area contributed by atoms with Crippen molar-refractivity contribution in [3.8, 4) is 0 Å². The average Bonchev–Trinajstić information content (AvgIpc) is 3.10. The number of halogens is 1. The van der Waals surface area contributed by atoms with E-state index in [-0.39, 0.29) is 42.6 Å². The highest BCUT2D eigenvalue weighted by atomic mass is 19.1. The summed E-state index contributed by atoms with van der Waals surface area (Å²) in [6, 6.07) is 4.26. The monoisotopic (exact) mass is 248 g/mol. The van der Waals surface area contributed by atoms with Gasteiger partial charge in [0, 0.05) is 6.54 Å². The molecule has 2 unspecified atom stereocenters. The maximum atomic E-state index is 13.2. The van der Waals surface area contributed by atoms with Crippen LogP contribution in [-0.4, -0.2) is 16.7 Å². The van der Waals surface area contributed by atoms with Gasteiger partial charge < -0.3 is 5.73 Å². The molecule has 3 rings (SSSR count). The maximum absolute atomic E-state index is 13.2. The Morgan fingerprint density at radius 1 is 1.22 bits per heavy atom. The van der Waals surface area contributed by atoms with Gasteiger partial charge in [0.2, 0.25) is 11.8 Å². The number of hydrogen-bond donors (Lipinski definition) is 1. The molecule has 2 aliphatic rings. The maximum Gasteiger partial charge on any atom is 0.233 e. The van der Waals surface area contributed by atoms with Gasteiger partial charge in [-0.3, -0.25) is 14.5 Å². The standard InChI is InChI=1S/C13H13FN2O2/c14-9-2-1-7(5-15)8(3-9)6-16-12(17)10-4-11(10)13(16)18/h1-3,10-11H,4-6,15H2. The van der Waals surface area contributed by atoms with Crippen molar-refractivity contribution in [3.63, 3.8) is 0 Å². The molecule has 1 aromatic carbocycles. The van der Waals surface area contributed by atoms with Gasteiger partial charge in [0.05, 0.1) is 18.4 Å². The molecule has 0 bridgehead atoms. The van der Waals surface area contributed by atoms with Crippen LogP contribution >= 0.6 is 0 Å². The number of carbonyl (C=O) groups is 2. The van der Waals surface area contributed by atoms with E-state index in [9.17, 15) is 14.0 Å². The molecule has 2 N–H and O–H groups in total. The smallest absolute Gasteiger partial charge is 0.233 e. The zero-order chi connectivity index (χ0) is 12.9. The molecule has 2 fully saturated rings. The number of nitrogens with zero attached hydrogens (tertiary/aromatic N) is 1. The fourth-order valence-corrected chi connectivity index (χ4v) is 2.52. The molecule has 0 radical (unpaired) electrons. The second kappa shape index (κ2) is 3.88. The van der Waals surface area contributed by atoms with Crippen molar-refractivity contribution in [1.29, 1.82) is 0 Å². The molecule has 1 heterocycles. The van der Waals surface area contributed by atoms with E-state index in [0.717, 1.165) is 5.56 Å². The molecule has 5 heteroatoms. The van der Waals surface area contributed by atoms with Crippen molar-refractivity contribution < 1.29 is 14.0 Å². The van der Waals surface area contributed by atoms with Gasteiger partial charge in [0.15, 0.2) is 0 Å². The van der Waals surface area contributed by atoms with Crippen LogP contribution in [0.3, 0.4) is 0 Å². The largest absolute Gasteiger partial charge is 0.326 e. The normalized spacial score (nSPS) is 25.6. The Labute approximate surface area is 104 Å². The SMILES string of the molecule is NCc1ccc(F)cc1CN1C(=O)C2CC2C1=O. The highest BCUT2D eigenvalue weighted by Crippen LogP contribution is 2.47. The lowest BCUT2D eigenvalue weighted by Crippen LogP contribution is -2.32. The first-order valence-corrected chi connectivity index (χ1v) is 5.94. The third-order valence-electron chi connectivity index (χ3n) is 3.67. The van der Waals surface area contributed by atoms with Crippen LogP contribution in [0.1, 0.15) is 17.5 Å². The second-order valence-electron chi connectivity index (χ2n) is 4.83. The van der Waals surface area contributed by atoms with Crippen molar-refractivity contribution in [2.24, 2.45) is 17.6 Å². The van der Waals surface area contributed by atoms with Gasteiger partial charge in [-0.25, -0.2) is 4.39 Å². The zero-order valence-corrected chi connectivity index (χ0v) is 9.73. The van der Waals surface area contributed by atoms with E-state index in [1.54, 1.807) is 6.07 Å². The summed E-state index contributed by atoms with van der Waals surface area (Å²) in [5.74, 6) is -0.874. The molecule has 2 amide bonds. The highest BCUT2D eigenvalue weighted by Gasteiger charge is 2.58. The van der Waals surface area contributed by atoms with E-state index in [1.807, 2.05) is 0 Å². The van der Waals surface area contributed by atoms with Gasteiger partial charge in [-0.1, -0.05) is 6.07 Å². The molecule has 2 atom stereocenters. The number of carbonyl (C=O) groups excluding carboxylic acids is 2. The first-order valence-electron chi connectivity index (χ1n) is 5.94. The Balaban J connectivity index is 1.86. The quantitative estimate of drug-likeness (QED) is 0.804. The number of amides is 2. The van der Waals surface area contributed by atoms with Crippen molar-refractivity contribution >= 4 is 11.8 Å². The minimum absolute atomic E-state index is 0.118. The van der Waals surface area contributed by atoms with E-state index in [1.165, 1.54) is 17.0 Å². The molecular weight excluding hydrogens is 235 g/mol. The Morgan fingerprint density at radius 3 is 2.50 bits per heavy atom. The molecule has 1 saturated heterocycles. The molecule has 94 valence electrons. The molecule has 1 aromatic rings. The number of benzene rings is 1. The van der Waals surface area contributed by atoms with Crippen molar-refractivity contribution in [1.82, 2.24) is 4.90 Å². The van der Waals surface area contributed by atoms with Crippen LogP contribution in [0.2, 0.25) is 0 Å². The summed E-state index contributed by atoms with van der Waals surface area (Å²) in [6.07, 6.45) is 0.682. The summed E-state index contributed by atoms with van der Waals surface area (Å²) in [7, 11) is 0. The van der Waals surface area contributed by atoms with Crippen molar-refractivity contribution in [2.75, 3.05) is 0 Å². The second-order valence-corrected chi connectivity index (χ2v) is 4.83. The van der Waals surface area contributed by atoms with Crippen LogP contribution < -0.4 is 5.73 Å². The third kappa shape index (κ3) is 1.62. The Kier molecular flexibility index (Phi) is 2.45. The molecule has 18 heavy (non-hydrogen) atoms. The van der Waals surface area contributed by atoms with Gasteiger partial charge in [0.1, 0.15) is 5.82 Å². The van der Waals surface area contributed by atoms with Gasteiger partial charge in [-0.05, 0) is 29.7 Å². The lowest BCUT2D eigenvalue weighted by molar-refractivity contribution is -0.142. The lowest BCUT2D eigenvalue weighted by atomic mass is 10.1. The first-order chi connectivity index (χ1) is 8.61. The summed E-state index contributed by atoms with van der Waals surface area (Å²) < 4.78 is 13.2. The van der Waals surface area contributed by atoms with Crippen LogP contribution in [0, 0.1) is 17.7 Å². The van der Waals surface area contributed by atoms with Crippen LogP contribution in [-0.2, 0) is 22.7 Å². The van der Waals surface area contributed by atoms with E-state index < -0.39 is 0 Å².